The molecule has 1 aromatic heterocycles. The van der Waals surface area contributed by atoms with Crippen molar-refractivity contribution in [1.29, 1.82) is 0 Å². The molecule has 1 aromatic carbocycles. The van der Waals surface area contributed by atoms with E-state index in [1.165, 1.54) is 11.3 Å². The number of likely N-dealkylation sites (N-methyl/N-ethyl adjacent to an activating group) is 1. The topological polar surface area (TPSA) is 117 Å². The molecule has 9 heteroatoms. The van der Waals surface area contributed by atoms with Gasteiger partial charge >= 0.3 is 11.8 Å². The van der Waals surface area contributed by atoms with Gasteiger partial charge in [-0.25, -0.2) is 4.98 Å². The number of primary amides is 1. The molecule has 1 unspecified atom stereocenters. The second-order valence-corrected chi connectivity index (χ2v) is 7.47. The largest absolute Gasteiger partial charge is 0.361 e. The van der Waals surface area contributed by atoms with Crippen LogP contribution < -0.4 is 16.4 Å². The first-order valence-electron chi connectivity index (χ1n) is 8.54. The van der Waals surface area contributed by atoms with Gasteiger partial charge in [-0.2, -0.15) is 0 Å². The average molecular weight is 387 g/mol. The first kappa shape index (κ1) is 19.0. The Morgan fingerprint density at radius 1 is 1.30 bits per heavy atom. The number of rotatable bonds is 5. The second kappa shape index (κ2) is 8.28. The number of carbonyl (C=O) groups is 3. The van der Waals surface area contributed by atoms with E-state index in [0.29, 0.717) is 5.01 Å². The molecule has 4 N–H and O–H groups in total. The zero-order chi connectivity index (χ0) is 19.4. The van der Waals surface area contributed by atoms with Crippen LogP contribution in [0.5, 0.6) is 0 Å². The fourth-order valence-electron chi connectivity index (χ4n) is 2.86. The fraction of sp³-hybridized carbons (Fsp3) is 0.333. The maximum absolute atomic E-state index is 12.5. The third kappa shape index (κ3) is 4.69. The van der Waals surface area contributed by atoms with Crippen LogP contribution in [0.25, 0.3) is 0 Å². The highest BCUT2D eigenvalue weighted by molar-refractivity contribution is 7.13. The minimum atomic E-state index is -1.07. The van der Waals surface area contributed by atoms with E-state index < -0.39 is 17.9 Å². The van der Waals surface area contributed by atoms with Crippen molar-refractivity contribution in [2.24, 2.45) is 5.73 Å². The zero-order valence-electron chi connectivity index (χ0n) is 14.9. The summed E-state index contributed by atoms with van der Waals surface area (Å²) in [6.45, 7) is 1.83. The summed E-state index contributed by atoms with van der Waals surface area (Å²) < 4.78 is 0. The van der Waals surface area contributed by atoms with E-state index in [1.807, 2.05) is 25.2 Å². The summed E-state index contributed by atoms with van der Waals surface area (Å²) >= 11 is 1.39. The lowest BCUT2D eigenvalue weighted by atomic mass is 10.1. The Kier molecular flexibility index (Phi) is 5.82. The van der Waals surface area contributed by atoms with Crippen molar-refractivity contribution in [2.45, 2.75) is 19.0 Å². The second-order valence-electron chi connectivity index (χ2n) is 6.39. The molecule has 3 rings (SSSR count). The number of hydrogen-bond donors (Lipinski definition) is 3. The van der Waals surface area contributed by atoms with Crippen LogP contribution in [0.4, 0.5) is 0 Å². The van der Waals surface area contributed by atoms with E-state index in [1.54, 1.807) is 12.1 Å². The van der Waals surface area contributed by atoms with E-state index in [9.17, 15) is 14.4 Å². The summed E-state index contributed by atoms with van der Waals surface area (Å²) in [5.41, 5.74) is 6.76. The van der Waals surface area contributed by atoms with Crippen LogP contribution >= 0.6 is 11.3 Å². The van der Waals surface area contributed by atoms with Gasteiger partial charge in [-0.3, -0.25) is 14.4 Å². The number of nitrogens with two attached hydrogens (primary N) is 1. The predicted octanol–water partition coefficient (Wildman–Crippen LogP) is 0.204. The molecule has 142 valence electrons. The summed E-state index contributed by atoms with van der Waals surface area (Å²) in [5, 5.41) is 5.74. The molecular formula is C18H21N5O3S. The van der Waals surface area contributed by atoms with Crippen molar-refractivity contribution < 1.29 is 14.4 Å². The maximum Gasteiger partial charge on any atom is 0.309 e. The minimum absolute atomic E-state index is 0.117. The van der Waals surface area contributed by atoms with Crippen LogP contribution in [-0.2, 0) is 22.6 Å². The number of aromatic nitrogens is 1. The molecule has 0 aliphatic carbocycles. The van der Waals surface area contributed by atoms with Gasteiger partial charge in [0.1, 0.15) is 0 Å². The SMILES string of the molecule is CN1CCc2nc(C(=O)NCC(NC(=O)C(N)=O)c3ccccc3)sc2C1. The first-order chi connectivity index (χ1) is 12.9. The Balaban J connectivity index is 1.68. The Morgan fingerprint density at radius 3 is 2.74 bits per heavy atom. The van der Waals surface area contributed by atoms with E-state index in [2.05, 4.69) is 20.5 Å². The van der Waals surface area contributed by atoms with E-state index >= 15 is 0 Å². The maximum atomic E-state index is 12.5. The molecule has 0 saturated heterocycles. The van der Waals surface area contributed by atoms with Crippen molar-refractivity contribution in [3.63, 3.8) is 0 Å². The normalized spacial score (nSPS) is 14.9. The van der Waals surface area contributed by atoms with Gasteiger partial charge < -0.3 is 21.3 Å². The van der Waals surface area contributed by atoms with Crippen LogP contribution in [0.3, 0.4) is 0 Å². The van der Waals surface area contributed by atoms with Gasteiger partial charge in [-0.1, -0.05) is 30.3 Å². The summed E-state index contributed by atoms with van der Waals surface area (Å²) in [4.78, 5) is 43.0. The monoisotopic (exact) mass is 387 g/mol. The van der Waals surface area contributed by atoms with Gasteiger partial charge in [0.2, 0.25) is 0 Å². The number of hydrogen-bond acceptors (Lipinski definition) is 6. The highest BCUT2D eigenvalue weighted by atomic mass is 32.1. The van der Waals surface area contributed by atoms with Gasteiger partial charge in [0.05, 0.1) is 11.7 Å². The van der Waals surface area contributed by atoms with Crippen LogP contribution in [0.1, 0.15) is 32.0 Å². The summed E-state index contributed by atoms with van der Waals surface area (Å²) in [6.07, 6.45) is 0.830. The molecule has 1 aliphatic rings. The van der Waals surface area contributed by atoms with Crippen LogP contribution in [-0.4, -0.2) is 47.7 Å². The van der Waals surface area contributed by atoms with Crippen LogP contribution in [0.2, 0.25) is 0 Å². The molecule has 2 heterocycles. The third-order valence-corrected chi connectivity index (χ3v) is 5.40. The van der Waals surface area contributed by atoms with Gasteiger partial charge in [-0.05, 0) is 12.6 Å². The van der Waals surface area contributed by atoms with Crippen LogP contribution in [0.15, 0.2) is 30.3 Å². The number of nitrogens with one attached hydrogen (secondary N) is 2. The Hall–Kier alpha value is -2.78. The standard InChI is InChI=1S/C18H21N5O3S/c1-23-8-7-12-14(10-23)27-18(22-12)17(26)20-9-13(21-16(25)15(19)24)11-5-3-2-4-6-11/h2-6,13H,7-10H2,1H3,(H2,19,24)(H,20,26)(H,21,25). The highest BCUT2D eigenvalue weighted by Gasteiger charge is 2.23. The molecule has 27 heavy (non-hydrogen) atoms. The number of thiazole rings is 1. The molecule has 0 bridgehead atoms. The summed E-state index contributed by atoms with van der Waals surface area (Å²) in [6, 6.07) is 8.49. The summed E-state index contributed by atoms with van der Waals surface area (Å²) in [5.74, 6) is -2.27. The average Bonchev–Trinajstić information content (AvgIpc) is 3.08. The first-order valence-corrected chi connectivity index (χ1v) is 9.36. The van der Waals surface area contributed by atoms with Crippen molar-refractivity contribution in [2.75, 3.05) is 20.1 Å². The number of benzene rings is 1. The molecule has 2 aromatic rings. The van der Waals surface area contributed by atoms with Crippen molar-refractivity contribution in [3.05, 3.63) is 51.5 Å². The van der Waals surface area contributed by atoms with Gasteiger partial charge in [-0.15, -0.1) is 11.3 Å². The lowest BCUT2D eigenvalue weighted by molar-refractivity contribution is -0.137. The highest BCUT2D eigenvalue weighted by Crippen LogP contribution is 2.24. The number of fused-ring (bicyclic) bond motifs is 1. The fourth-order valence-corrected chi connectivity index (χ4v) is 3.96. The lowest BCUT2D eigenvalue weighted by Gasteiger charge is -2.20. The lowest BCUT2D eigenvalue weighted by Crippen LogP contribution is -2.42. The Labute approximate surface area is 160 Å². The molecule has 8 nitrogen and oxygen atoms in total. The van der Waals surface area contributed by atoms with Crippen molar-refractivity contribution in [3.8, 4) is 0 Å². The number of amides is 3. The smallest absolute Gasteiger partial charge is 0.309 e. The molecular weight excluding hydrogens is 366 g/mol. The molecule has 1 aliphatic heterocycles. The van der Waals surface area contributed by atoms with E-state index in [0.717, 1.165) is 35.6 Å². The minimum Gasteiger partial charge on any atom is -0.361 e. The Bertz CT molecular complexity index is 852. The zero-order valence-corrected chi connectivity index (χ0v) is 15.7. The van der Waals surface area contributed by atoms with Crippen molar-refractivity contribution >= 4 is 29.1 Å². The molecule has 0 saturated carbocycles. The Morgan fingerprint density at radius 2 is 2.04 bits per heavy atom. The third-order valence-electron chi connectivity index (χ3n) is 4.31. The van der Waals surface area contributed by atoms with E-state index in [-0.39, 0.29) is 12.5 Å². The van der Waals surface area contributed by atoms with Gasteiger partial charge in [0, 0.05) is 30.9 Å². The van der Waals surface area contributed by atoms with Gasteiger partial charge in [0.15, 0.2) is 5.01 Å². The van der Waals surface area contributed by atoms with Crippen LogP contribution in [0, 0.1) is 0 Å². The molecule has 0 spiro atoms. The van der Waals surface area contributed by atoms with E-state index in [4.69, 9.17) is 5.73 Å². The molecule has 1 atom stereocenters. The quantitative estimate of drug-likeness (QED) is 0.634. The molecule has 3 amide bonds. The van der Waals surface area contributed by atoms with Gasteiger partial charge in [0.25, 0.3) is 5.91 Å². The molecule has 0 radical (unpaired) electrons. The summed E-state index contributed by atoms with van der Waals surface area (Å²) in [7, 11) is 2.04. The molecule has 0 fully saturated rings. The van der Waals surface area contributed by atoms with Crippen molar-refractivity contribution in [1.82, 2.24) is 20.5 Å². The predicted molar refractivity (Wildman–Crippen MR) is 101 cm³/mol. The number of nitrogens with zero attached hydrogens (tertiary/aromatic N) is 2. The number of carbonyl (C=O) groups excluding carboxylic acids is 3.